The number of nitrogens with one attached hydrogen (secondary N) is 1. The Bertz CT molecular complexity index is 793. The zero-order valence-corrected chi connectivity index (χ0v) is 13.5. The van der Waals surface area contributed by atoms with Crippen molar-refractivity contribution in [1.29, 1.82) is 0 Å². The Morgan fingerprint density at radius 1 is 1.22 bits per heavy atom. The van der Waals surface area contributed by atoms with Crippen LogP contribution in [0.3, 0.4) is 0 Å². The number of aromatic nitrogens is 1. The number of amides is 2. The standard InChI is InChI=1S/C18H21N3O2/c1-11(2)8-20-10-17(22)21-9-15-13(7-16(21)18(20)23)12-5-3-4-6-14(12)19-15/h3-6,11,16,19H,7-10H2,1-2H3/t16-/m0/s1. The number of carbonyl (C=O) groups is 2. The minimum Gasteiger partial charge on any atom is -0.357 e. The van der Waals surface area contributed by atoms with E-state index in [9.17, 15) is 9.59 Å². The van der Waals surface area contributed by atoms with Crippen molar-refractivity contribution in [2.24, 2.45) is 5.92 Å². The molecule has 0 aliphatic carbocycles. The molecule has 0 saturated carbocycles. The largest absolute Gasteiger partial charge is 0.357 e. The molecular formula is C18H21N3O2. The summed E-state index contributed by atoms with van der Waals surface area (Å²) in [5.41, 5.74) is 3.34. The van der Waals surface area contributed by atoms with Crippen LogP contribution >= 0.6 is 0 Å². The highest BCUT2D eigenvalue weighted by Crippen LogP contribution is 2.32. The average molecular weight is 311 g/mol. The number of para-hydroxylation sites is 1. The fourth-order valence-electron chi connectivity index (χ4n) is 3.83. The molecule has 1 aromatic carbocycles. The fourth-order valence-corrected chi connectivity index (χ4v) is 3.83. The Balaban J connectivity index is 1.71. The predicted molar refractivity (Wildman–Crippen MR) is 87.8 cm³/mol. The molecule has 1 saturated heterocycles. The van der Waals surface area contributed by atoms with Crippen LogP contribution in [0.1, 0.15) is 25.1 Å². The summed E-state index contributed by atoms with van der Waals surface area (Å²) in [7, 11) is 0. The lowest BCUT2D eigenvalue weighted by Crippen LogP contribution is -2.61. The monoisotopic (exact) mass is 311 g/mol. The SMILES string of the molecule is CC(C)CN1CC(=O)N2Cc3[nH]c4ccccc4c3C[C@H]2C1=O. The van der Waals surface area contributed by atoms with E-state index >= 15 is 0 Å². The van der Waals surface area contributed by atoms with E-state index in [-0.39, 0.29) is 24.4 Å². The minimum absolute atomic E-state index is 0.0551. The van der Waals surface area contributed by atoms with Gasteiger partial charge in [0.15, 0.2) is 0 Å². The molecule has 2 amide bonds. The van der Waals surface area contributed by atoms with Gasteiger partial charge in [0.1, 0.15) is 6.04 Å². The first-order valence-corrected chi connectivity index (χ1v) is 8.21. The third-order valence-corrected chi connectivity index (χ3v) is 4.83. The van der Waals surface area contributed by atoms with E-state index in [1.807, 2.05) is 18.2 Å². The van der Waals surface area contributed by atoms with Gasteiger partial charge >= 0.3 is 0 Å². The highest BCUT2D eigenvalue weighted by Gasteiger charge is 2.42. The Morgan fingerprint density at radius 2 is 2.00 bits per heavy atom. The van der Waals surface area contributed by atoms with E-state index in [1.165, 1.54) is 10.9 Å². The Hall–Kier alpha value is -2.30. The van der Waals surface area contributed by atoms with Crippen molar-refractivity contribution in [3.8, 4) is 0 Å². The van der Waals surface area contributed by atoms with Crippen molar-refractivity contribution in [3.63, 3.8) is 0 Å². The fraction of sp³-hybridized carbons (Fsp3) is 0.444. The number of aromatic amines is 1. The normalized spacial score (nSPS) is 21.1. The van der Waals surface area contributed by atoms with Gasteiger partial charge in [-0.25, -0.2) is 0 Å². The Morgan fingerprint density at radius 3 is 2.78 bits per heavy atom. The molecular weight excluding hydrogens is 290 g/mol. The minimum atomic E-state index is -0.346. The van der Waals surface area contributed by atoms with E-state index < -0.39 is 0 Å². The van der Waals surface area contributed by atoms with Gasteiger partial charge in [-0.3, -0.25) is 9.59 Å². The van der Waals surface area contributed by atoms with Gasteiger partial charge in [-0.2, -0.15) is 0 Å². The number of H-pyrrole nitrogens is 1. The van der Waals surface area contributed by atoms with Crippen molar-refractivity contribution in [2.45, 2.75) is 32.9 Å². The summed E-state index contributed by atoms with van der Waals surface area (Å²) >= 11 is 0. The highest BCUT2D eigenvalue weighted by molar-refractivity contribution is 5.96. The van der Waals surface area contributed by atoms with Crippen LogP contribution in [0.4, 0.5) is 0 Å². The molecule has 1 aromatic heterocycles. The second-order valence-corrected chi connectivity index (χ2v) is 6.98. The lowest BCUT2D eigenvalue weighted by Gasteiger charge is -2.43. The van der Waals surface area contributed by atoms with Crippen molar-refractivity contribution < 1.29 is 9.59 Å². The van der Waals surface area contributed by atoms with Gasteiger partial charge in [-0.1, -0.05) is 32.0 Å². The smallest absolute Gasteiger partial charge is 0.246 e. The third kappa shape index (κ3) is 2.22. The van der Waals surface area contributed by atoms with Crippen LogP contribution in [0.25, 0.3) is 10.9 Å². The predicted octanol–water partition coefficient (Wildman–Crippen LogP) is 1.92. The van der Waals surface area contributed by atoms with Gasteiger partial charge < -0.3 is 14.8 Å². The number of carbonyl (C=O) groups excluding carboxylic acids is 2. The van der Waals surface area contributed by atoms with E-state index in [0.29, 0.717) is 25.4 Å². The Kier molecular flexibility index (Phi) is 3.18. The van der Waals surface area contributed by atoms with Gasteiger partial charge in [0.05, 0.1) is 13.1 Å². The molecule has 0 spiro atoms. The van der Waals surface area contributed by atoms with E-state index in [2.05, 4.69) is 24.9 Å². The van der Waals surface area contributed by atoms with E-state index in [1.54, 1.807) is 9.80 Å². The summed E-state index contributed by atoms with van der Waals surface area (Å²) in [5, 5.41) is 1.17. The summed E-state index contributed by atoms with van der Waals surface area (Å²) in [5.74, 6) is 0.513. The average Bonchev–Trinajstić information content (AvgIpc) is 2.88. The highest BCUT2D eigenvalue weighted by atomic mass is 16.2. The summed E-state index contributed by atoms with van der Waals surface area (Å²) in [6, 6.07) is 7.80. The van der Waals surface area contributed by atoms with Crippen LogP contribution in [0.5, 0.6) is 0 Å². The molecule has 5 nitrogen and oxygen atoms in total. The van der Waals surface area contributed by atoms with E-state index in [4.69, 9.17) is 0 Å². The molecule has 2 aliphatic rings. The van der Waals surface area contributed by atoms with Crippen molar-refractivity contribution in [2.75, 3.05) is 13.1 Å². The molecule has 2 aliphatic heterocycles. The summed E-state index contributed by atoms with van der Waals surface area (Å²) in [4.78, 5) is 32.2. The van der Waals surface area contributed by atoms with Crippen LogP contribution < -0.4 is 0 Å². The molecule has 2 aromatic rings. The number of hydrogen-bond donors (Lipinski definition) is 1. The van der Waals surface area contributed by atoms with Gasteiger partial charge in [0.25, 0.3) is 0 Å². The van der Waals surface area contributed by atoms with Crippen LogP contribution in [0, 0.1) is 5.92 Å². The molecule has 23 heavy (non-hydrogen) atoms. The Labute approximate surface area is 135 Å². The zero-order valence-electron chi connectivity index (χ0n) is 13.5. The molecule has 0 radical (unpaired) electrons. The topological polar surface area (TPSA) is 56.4 Å². The first-order chi connectivity index (χ1) is 11.0. The number of hydrogen-bond acceptors (Lipinski definition) is 2. The van der Waals surface area contributed by atoms with Gasteiger partial charge in [0.2, 0.25) is 11.8 Å². The number of benzene rings is 1. The summed E-state index contributed by atoms with van der Waals surface area (Å²) in [6.45, 7) is 5.51. The maximum absolute atomic E-state index is 12.8. The van der Waals surface area contributed by atoms with Crippen molar-refractivity contribution >= 4 is 22.7 Å². The van der Waals surface area contributed by atoms with Crippen LogP contribution in [0.15, 0.2) is 24.3 Å². The van der Waals surface area contributed by atoms with Gasteiger partial charge in [-0.15, -0.1) is 0 Å². The number of piperazine rings is 1. The maximum Gasteiger partial charge on any atom is 0.246 e. The number of fused-ring (bicyclic) bond motifs is 4. The zero-order chi connectivity index (χ0) is 16.1. The molecule has 3 heterocycles. The van der Waals surface area contributed by atoms with Gasteiger partial charge in [0, 0.05) is 29.6 Å². The number of rotatable bonds is 2. The maximum atomic E-state index is 12.8. The number of nitrogens with zero attached hydrogens (tertiary/aromatic N) is 2. The van der Waals surface area contributed by atoms with E-state index in [0.717, 1.165) is 11.2 Å². The molecule has 1 fully saturated rings. The van der Waals surface area contributed by atoms with Crippen LogP contribution in [0.2, 0.25) is 0 Å². The quantitative estimate of drug-likeness (QED) is 0.921. The summed E-state index contributed by atoms with van der Waals surface area (Å²) in [6.07, 6.45) is 0.610. The molecule has 0 unspecified atom stereocenters. The molecule has 0 bridgehead atoms. The summed E-state index contributed by atoms with van der Waals surface area (Å²) < 4.78 is 0. The molecule has 4 rings (SSSR count). The lowest BCUT2D eigenvalue weighted by molar-refractivity contribution is -0.157. The van der Waals surface area contributed by atoms with Gasteiger partial charge in [-0.05, 0) is 17.5 Å². The third-order valence-electron chi connectivity index (χ3n) is 4.83. The molecule has 5 heteroatoms. The van der Waals surface area contributed by atoms with Crippen molar-refractivity contribution in [1.82, 2.24) is 14.8 Å². The lowest BCUT2D eigenvalue weighted by atomic mass is 9.93. The first-order valence-electron chi connectivity index (χ1n) is 8.21. The second-order valence-electron chi connectivity index (χ2n) is 6.98. The molecule has 1 atom stereocenters. The first kappa shape index (κ1) is 14.3. The molecule has 1 N–H and O–H groups in total. The second kappa shape index (κ2) is 5.11. The van der Waals surface area contributed by atoms with Crippen LogP contribution in [-0.2, 0) is 22.6 Å². The van der Waals surface area contributed by atoms with Crippen molar-refractivity contribution in [3.05, 3.63) is 35.5 Å². The van der Waals surface area contributed by atoms with Crippen LogP contribution in [-0.4, -0.2) is 45.7 Å². The molecule has 120 valence electrons.